The number of morpholine rings is 1. The molecule has 1 aliphatic heterocycles. The van der Waals surface area contributed by atoms with E-state index in [0.717, 1.165) is 4.90 Å². The molecule has 20 heavy (non-hydrogen) atoms. The van der Waals surface area contributed by atoms with E-state index < -0.39 is 23.9 Å². The molecule has 1 aliphatic rings. The fraction of sp³-hybridized carbons (Fsp3) is 0.333. The molecule has 2 amide bonds. The average molecular weight is 303 g/mol. The molecule has 2 rings (SSSR count). The van der Waals surface area contributed by atoms with E-state index in [0.29, 0.717) is 0 Å². The molecule has 0 spiro atoms. The van der Waals surface area contributed by atoms with Gasteiger partial charge in [-0.25, -0.2) is 14.0 Å². The minimum Gasteiger partial charge on any atom is -0.480 e. The van der Waals surface area contributed by atoms with E-state index >= 15 is 0 Å². The first-order valence-corrected chi connectivity index (χ1v) is 6.20. The van der Waals surface area contributed by atoms with Crippen molar-refractivity contribution in [2.75, 3.05) is 25.1 Å². The molecule has 8 heteroatoms. The molecule has 1 fully saturated rings. The number of urea groups is 1. The first-order valence-electron chi connectivity index (χ1n) is 5.83. The zero-order valence-electron chi connectivity index (χ0n) is 10.3. The first-order chi connectivity index (χ1) is 9.50. The molecular formula is C12H12ClFN2O4. The lowest BCUT2D eigenvalue weighted by Crippen LogP contribution is -2.54. The fourth-order valence-electron chi connectivity index (χ4n) is 1.84. The van der Waals surface area contributed by atoms with Crippen LogP contribution in [-0.2, 0) is 9.53 Å². The van der Waals surface area contributed by atoms with Gasteiger partial charge in [0.2, 0.25) is 0 Å². The number of hydrogen-bond donors (Lipinski definition) is 2. The highest BCUT2D eigenvalue weighted by Gasteiger charge is 2.33. The summed E-state index contributed by atoms with van der Waals surface area (Å²) in [6, 6.07) is 2.37. The monoisotopic (exact) mass is 302 g/mol. The van der Waals surface area contributed by atoms with E-state index in [1.54, 1.807) is 0 Å². The Labute approximate surface area is 119 Å². The normalized spacial score (nSPS) is 18.7. The van der Waals surface area contributed by atoms with E-state index in [2.05, 4.69) is 5.32 Å². The van der Waals surface area contributed by atoms with Crippen molar-refractivity contribution in [2.45, 2.75) is 6.04 Å². The fourth-order valence-corrected chi connectivity index (χ4v) is 2.01. The summed E-state index contributed by atoms with van der Waals surface area (Å²) in [4.78, 5) is 24.2. The summed E-state index contributed by atoms with van der Waals surface area (Å²) in [7, 11) is 0. The first kappa shape index (κ1) is 14.5. The maximum Gasteiger partial charge on any atom is 0.328 e. The van der Waals surface area contributed by atoms with Crippen LogP contribution < -0.4 is 5.32 Å². The highest BCUT2D eigenvalue weighted by Crippen LogP contribution is 2.22. The van der Waals surface area contributed by atoms with Gasteiger partial charge in [0, 0.05) is 6.54 Å². The second-order valence-corrected chi connectivity index (χ2v) is 4.56. The van der Waals surface area contributed by atoms with Crippen LogP contribution in [0, 0.1) is 5.82 Å². The number of nitrogens with zero attached hydrogens (tertiary/aromatic N) is 1. The van der Waals surface area contributed by atoms with Gasteiger partial charge in [-0.1, -0.05) is 17.7 Å². The molecule has 108 valence electrons. The topological polar surface area (TPSA) is 78.9 Å². The van der Waals surface area contributed by atoms with Crippen LogP contribution in [-0.4, -0.2) is 47.8 Å². The highest BCUT2D eigenvalue weighted by atomic mass is 35.5. The summed E-state index contributed by atoms with van der Waals surface area (Å²) < 4.78 is 18.7. The lowest BCUT2D eigenvalue weighted by molar-refractivity contribution is -0.147. The Morgan fingerprint density at radius 3 is 2.95 bits per heavy atom. The Hall–Kier alpha value is -1.86. The van der Waals surface area contributed by atoms with Crippen LogP contribution in [0.15, 0.2) is 18.2 Å². The lowest BCUT2D eigenvalue weighted by atomic mass is 10.2. The number of halogens is 2. The molecule has 1 saturated heterocycles. The van der Waals surface area contributed by atoms with Gasteiger partial charge >= 0.3 is 12.0 Å². The molecule has 0 saturated carbocycles. The number of hydrogen-bond acceptors (Lipinski definition) is 3. The van der Waals surface area contributed by atoms with E-state index in [9.17, 15) is 14.0 Å². The number of benzene rings is 1. The molecule has 1 heterocycles. The molecule has 0 radical (unpaired) electrons. The Morgan fingerprint density at radius 2 is 2.25 bits per heavy atom. The number of carbonyl (C=O) groups excluding carboxylic acids is 1. The third-order valence-electron chi connectivity index (χ3n) is 2.87. The molecule has 1 unspecified atom stereocenters. The number of rotatable bonds is 2. The van der Waals surface area contributed by atoms with Crippen LogP contribution in [0.25, 0.3) is 0 Å². The van der Waals surface area contributed by atoms with Crippen molar-refractivity contribution in [3.63, 3.8) is 0 Å². The summed E-state index contributed by atoms with van der Waals surface area (Å²) in [6.45, 7) is 0.251. The van der Waals surface area contributed by atoms with Gasteiger partial charge in [-0.3, -0.25) is 0 Å². The molecular weight excluding hydrogens is 291 g/mol. The Bertz CT molecular complexity index is 540. The lowest BCUT2D eigenvalue weighted by Gasteiger charge is -2.32. The molecule has 1 aromatic carbocycles. The smallest absolute Gasteiger partial charge is 0.328 e. The molecule has 0 aliphatic carbocycles. The van der Waals surface area contributed by atoms with Crippen molar-refractivity contribution in [1.29, 1.82) is 0 Å². The Balaban J connectivity index is 2.14. The third kappa shape index (κ3) is 3.00. The Kier molecular flexibility index (Phi) is 4.41. The van der Waals surface area contributed by atoms with E-state index in [4.69, 9.17) is 21.4 Å². The average Bonchev–Trinajstić information content (AvgIpc) is 2.43. The van der Waals surface area contributed by atoms with Crippen molar-refractivity contribution in [3.05, 3.63) is 29.0 Å². The molecule has 1 aromatic rings. The standard InChI is InChI=1S/C12H12ClFN2O4/c13-7-2-1-3-8(10(7)14)15-12(19)16-4-5-20-6-9(16)11(17)18/h1-3,9H,4-6H2,(H,15,19)(H,17,18). The van der Waals surface area contributed by atoms with Crippen molar-refractivity contribution < 1.29 is 23.8 Å². The van der Waals surface area contributed by atoms with Gasteiger partial charge in [-0.15, -0.1) is 0 Å². The summed E-state index contributed by atoms with van der Waals surface area (Å²) in [5, 5.41) is 11.2. The zero-order chi connectivity index (χ0) is 14.7. The molecule has 0 aromatic heterocycles. The van der Waals surface area contributed by atoms with Crippen LogP contribution in [0.2, 0.25) is 5.02 Å². The van der Waals surface area contributed by atoms with Crippen LogP contribution in [0.1, 0.15) is 0 Å². The van der Waals surface area contributed by atoms with Crippen molar-refractivity contribution in [3.8, 4) is 0 Å². The number of amides is 2. The quantitative estimate of drug-likeness (QED) is 0.873. The molecule has 0 bridgehead atoms. The SMILES string of the molecule is O=C(O)C1COCCN1C(=O)Nc1cccc(Cl)c1F. The van der Waals surface area contributed by atoms with Gasteiger partial charge in [0.15, 0.2) is 11.9 Å². The van der Waals surface area contributed by atoms with Crippen LogP contribution in [0.3, 0.4) is 0 Å². The second kappa shape index (κ2) is 6.06. The van der Waals surface area contributed by atoms with Crippen LogP contribution >= 0.6 is 11.6 Å². The van der Waals surface area contributed by atoms with Gasteiger partial charge in [-0.2, -0.15) is 0 Å². The maximum atomic E-state index is 13.7. The minimum absolute atomic E-state index is 0.0964. The predicted octanol–water partition coefficient (Wildman–Crippen LogP) is 1.80. The number of ether oxygens (including phenoxy) is 1. The van der Waals surface area contributed by atoms with Crippen LogP contribution in [0.4, 0.5) is 14.9 Å². The third-order valence-corrected chi connectivity index (χ3v) is 3.16. The number of nitrogens with one attached hydrogen (secondary N) is 1. The van der Waals surface area contributed by atoms with Crippen molar-refractivity contribution >= 4 is 29.3 Å². The largest absolute Gasteiger partial charge is 0.480 e. The molecule has 2 N–H and O–H groups in total. The van der Waals surface area contributed by atoms with Gasteiger partial charge in [0.05, 0.1) is 23.9 Å². The van der Waals surface area contributed by atoms with Crippen molar-refractivity contribution in [2.24, 2.45) is 0 Å². The summed E-state index contributed by atoms with van der Waals surface area (Å²) in [5.41, 5.74) is -0.0990. The number of carbonyl (C=O) groups is 2. The van der Waals surface area contributed by atoms with E-state index in [1.807, 2.05) is 0 Å². The number of carboxylic acid groups (broad SMARTS) is 1. The van der Waals surface area contributed by atoms with E-state index in [1.165, 1.54) is 18.2 Å². The van der Waals surface area contributed by atoms with Gasteiger partial charge in [0.1, 0.15) is 0 Å². The summed E-state index contributed by atoms with van der Waals surface area (Å²) >= 11 is 5.61. The summed E-state index contributed by atoms with van der Waals surface area (Å²) in [5.74, 6) is -1.94. The van der Waals surface area contributed by atoms with E-state index in [-0.39, 0.29) is 30.5 Å². The second-order valence-electron chi connectivity index (χ2n) is 4.15. The summed E-state index contributed by atoms with van der Waals surface area (Å²) in [6.07, 6.45) is 0. The van der Waals surface area contributed by atoms with Gasteiger partial charge < -0.3 is 20.1 Å². The number of aliphatic carboxylic acids is 1. The Morgan fingerprint density at radius 1 is 1.50 bits per heavy atom. The molecule has 1 atom stereocenters. The highest BCUT2D eigenvalue weighted by molar-refractivity contribution is 6.31. The number of carboxylic acids is 1. The van der Waals surface area contributed by atoms with Gasteiger partial charge in [0.25, 0.3) is 0 Å². The minimum atomic E-state index is -1.17. The predicted molar refractivity (Wildman–Crippen MR) is 69.4 cm³/mol. The van der Waals surface area contributed by atoms with Crippen molar-refractivity contribution in [1.82, 2.24) is 4.90 Å². The molecule has 6 nitrogen and oxygen atoms in total. The maximum absolute atomic E-state index is 13.7. The zero-order valence-corrected chi connectivity index (χ0v) is 11.1. The number of anilines is 1. The van der Waals surface area contributed by atoms with Crippen LogP contribution in [0.5, 0.6) is 0 Å². The van der Waals surface area contributed by atoms with Gasteiger partial charge in [-0.05, 0) is 12.1 Å².